The summed E-state index contributed by atoms with van der Waals surface area (Å²) in [6, 6.07) is 4.23. The minimum Gasteiger partial charge on any atom is -0.376 e. The third-order valence-electron chi connectivity index (χ3n) is 4.58. The number of likely N-dealkylation sites (N-methyl/N-ethyl adjacent to an activating group) is 1. The molecule has 1 aromatic rings. The average molecular weight is 275 g/mol. The van der Waals surface area contributed by atoms with Crippen molar-refractivity contribution in [1.29, 1.82) is 0 Å². The van der Waals surface area contributed by atoms with Gasteiger partial charge in [0.1, 0.15) is 0 Å². The quantitative estimate of drug-likeness (QED) is 0.832. The molecule has 2 aliphatic rings. The first-order valence-electron chi connectivity index (χ1n) is 7.60. The third-order valence-corrected chi connectivity index (χ3v) is 4.58. The topological polar surface area (TPSA) is 28.6 Å². The van der Waals surface area contributed by atoms with E-state index >= 15 is 0 Å². The fourth-order valence-electron chi connectivity index (χ4n) is 3.60. The number of fused-ring (bicyclic) bond motifs is 1. The molecule has 2 fully saturated rings. The lowest BCUT2D eigenvalue weighted by molar-refractivity contribution is 0.0626. The standard InChI is InChI=1S/C16H25N3O/c1-18(2)11-16-15-5-8-19(10-14(15)12-20-16)9-13-3-6-17-7-4-13/h3-4,6-7,14-16H,5,8-12H2,1-2H3/t14-,15-,16+/m1/s1. The Morgan fingerprint density at radius 2 is 2.15 bits per heavy atom. The summed E-state index contributed by atoms with van der Waals surface area (Å²) in [5.74, 6) is 1.47. The van der Waals surface area contributed by atoms with E-state index in [0.29, 0.717) is 6.10 Å². The van der Waals surface area contributed by atoms with Crippen molar-refractivity contribution in [2.75, 3.05) is 40.3 Å². The van der Waals surface area contributed by atoms with Crippen LogP contribution in [0.1, 0.15) is 12.0 Å². The van der Waals surface area contributed by atoms with Crippen LogP contribution in [0.5, 0.6) is 0 Å². The van der Waals surface area contributed by atoms with Crippen molar-refractivity contribution in [3.8, 4) is 0 Å². The monoisotopic (exact) mass is 275 g/mol. The maximum atomic E-state index is 6.03. The molecule has 0 unspecified atom stereocenters. The van der Waals surface area contributed by atoms with Crippen LogP contribution >= 0.6 is 0 Å². The van der Waals surface area contributed by atoms with Crippen molar-refractivity contribution in [3.63, 3.8) is 0 Å². The number of ether oxygens (including phenoxy) is 1. The van der Waals surface area contributed by atoms with Crippen LogP contribution in [-0.2, 0) is 11.3 Å². The molecule has 0 spiro atoms. The number of piperidine rings is 1. The van der Waals surface area contributed by atoms with Gasteiger partial charge < -0.3 is 9.64 Å². The fraction of sp³-hybridized carbons (Fsp3) is 0.688. The summed E-state index contributed by atoms with van der Waals surface area (Å²) in [7, 11) is 4.27. The smallest absolute Gasteiger partial charge is 0.0734 e. The van der Waals surface area contributed by atoms with Crippen LogP contribution in [0, 0.1) is 11.8 Å². The fourth-order valence-corrected chi connectivity index (χ4v) is 3.60. The van der Waals surface area contributed by atoms with E-state index in [1.165, 1.54) is 25.1 Å². The Hall–Kier alpha value is -0.970. The van der Waals surface area contributed by atoms with Crippen LogP contribution in [0.3, 0.4) is 0 Å². The lowest BCUT2D eigenvalue weighted by atomic mass is 9.84. The lowest BCUT2D eigenvalue weighted by Gasteiger charge is -2.36. The Balaban J connectivity index is 1.55. The minimum absolute atomic E-state index is 0.443. The molecule has 3 rings (SSSR count). The van der Waals surface area contributed by atoms with Crippen LogP contribution in [0.4, 0.5) is 0 Å². The van der Waals surface area contributed by atoms with Gasteiger partial charge in [0.05, 0.1) is 12.7 Å². The molecule has 0 radical (unpaired) electrons. The van der Waals surface area contributed by atoms with Gasteiger partial charge >= 0.3 is 0 Å². The molecular weight excluding hydrogens is 250 g/mol. The number of pyridine rings is 1. The van der Waals surface area contributed by atoms with E-state index in [0.717, 1.165) is 31.5 Å². The second-order valence-electron chi connectivity index (χ2n) is 6.44. The summed E-state index contributed by atoms with van der Waals surface area (Å²) in [5, 5.41) is 0. The average Bonchev–Trinajstić information content (AvgIpc) is 2.82. The highest BCUT2D eigenvalue weighted by atomic mass is 16.5. The van der Waals surface area contributed by atoms with Gasteiger partial charge in [-0.2, -0.15) is 0 Å². The van der Waals surface area contributed by atoms with E-state index in [-0.39, 0.29) is 0 Å². The van der Waals surface area contributed by atoms with Crippen LogP contribution in [0.15, 0.2) is 24.5 Å². The second kappa shape index (κ2) is 6.20. The van der Waals surface area contributed by atoms with Gasteiger partial charge in [0.15, 0.2) is 0 Å². The van der Waals surface area contributed by atoms with Gasteiger partial charge in [-0.05, 0) is 50.7 Å². The van der Waals surface area contributed by atoms with E-state index in [1.54, 1.807) is 0 Å². The van der Waals surface area contributed by atoms with E-state index in [9.17, 15) is 0 Å². The van der Waals surface area contributed by atoms with Crippen LogP contribution < -0.4 is 0 Å². The molecule has 0 aliphatic carbocycles. The third kappa shape index (κ3) is 3.19. The number of likely N-dealkylation sites (tertiary alicyclic amines) is 1. The molecule has 3 heterocycles. The summed E-state index contributed by atoms with van der Waals surface area (Å²) in [6.45, 7) is 5.42. The summed E-state index contributed by atoms with van der Waals surface area (Å²) < 4.78 is 6.03. The van der Waals surface area contributed by atoms with Gasteiger partial charge in [0.25, 0.3) is 0 Å². The van der Waals surface area contributed by atoms with Gasteiger partial charge in [0, 0.05) is 37.9 Å². The molecule has 0 bridgehead atoms. The summed E-state index contributed by atoms with van der Waals surface area (Å²) in [6.07, 6.45) is 5.48. The summed E-state index contributed by atoms with van der Waals surface area (Å²) in [5.41, 5.74) is 1.36. The predicted molar refractivity (Wildman–Crippen MR) is 79.4 cm³/mol. The van der Waals surface area contributed by atoms with Crippen LogP contribution in [-0.4, -0.2) is 61.2 Å². The Morgan fingerprint density at radius 3 is 2.90 bits per heavy atom. The van der Waals surface area contributed by atoms with E-state index < -0.39 is 0 Å². The van der Waals surface area contributed by atoms with Crippen molar-refractivity contribution in [2.45, 2.75) is 19.1 Å². The molecular formula is C16H25N3O. The van der Waals surface area contributed by atoms with Crippen molar-refractivity contribution < 1.29 is 4.74 Å². The highest BCUT2D eigenvalue weighted by Gasteiger charge is 2.40. The van der Waals surface area contributed by atoms with E-state index in [2.05, 4.69) is 41.0 Å². The first kappa shape index (κ1) is 14.0. The Labute approximate surface area is 121 Å². The van der Waals surface area contributed by atoms with Crippen molar-refractivity contribution in [1.82, 2.24) is 14.8 Å². The zero-order valence-electron chi connectivity index (χ0n) is 12.5. The molecule has 110 valence electrons. The predicted octanol–water partition coefficient (Wildman–Crippen LogP) is 1.48. The largest absolute Gasteiger partial charge is 0.376 e. The van der Waals surface area contributed by atoms with Crippen molar-refractivity contribution in [3.05, 3.63) is 30.1 Å². The summed E-state index contributed by atoms with van der Waals surface area (Å²) in [4.78, 5) is 8.90. The zero-order chi connectivity index (χ0) is 13.9. The van der Waals surface area contributed by atoms with Gasteiger partial charge in [-0.25, -0.2) is 0 Å². The molecule has 0 amide bonds. The maximum absolute atomic E-state index is 6.03. The molecule has 0 N–H and O–H groups in total. The highest BCUT2D eigenvalue weighted by Crippen LogP contribution is 2.34. The number of nitrogens with zero attached hydrogens (tertiary/aromatic N) is 3. The minimum atomic E-state index is 0.443. The van der Waals surface area contributed by atoms with Gasteiger partial charge in [0.2, 0.25) is 0 Å². The zero-order valence-corrected chi connectivity index (χ0v) is 12.5. The molecule has 0 saturated carbocycles. The van der Waals surface area contributed by atoms with Gasteiger partial charge in [-0.15, -0.1) is 0 Å². The van der Waals surface area contributed by atoms with Crippen LogP contribution in [0.2, 0.25) is 0 Å². The Morgan fingerprint density at radius 1 is 1.35 bits per heavy atom. The number of rotatable bonds is 4. The molecule has 20 heavy (non-hydrogen) atoms. The lowest BCUT2D eigenvalue weighted by Crippen LogP contribution is -2.42. The van der Waals surface area contributed by atoms with Gasteiger partial charge in [-0.3, -0.25) is 9.88 Å². The summed E-state index contributed by atoms with van der Waals surface area (Å²) >= 11 is 0. The number of hydrogen-bond donors (Lipinski definition) is 0. The first-order valence-corrected chi connectivity index (χ1v) is 7.60. The maximum Gasteiger partial charge on any atom is 0.0734 e. The molecule has 2 aliphatic heterocycles. The van der Waals surface area contributed by atoms with E-state index in [1.807, 2.05) is 12.4 Å². The first-order chi connectivity index (χ1) is 9.72. The van der Waals surface area contributed by atoms with E-state index in [4.69, 9.17) is 4.74 Å². The molecule has 4 heteroatoms. The molecule has 1 aromatic heterocycles. The highest BCUT2D eigenvalue weighted by molar-refractivity contribution is 5.09. The van der Waals surface area contributed by atoms with Crippen molar-refractivity contribution in [2.24, 2.45) is 11.8 Å². The SMILES string of the molecule is CN(C)C[C@@H]1OC[C@H]2CN(Cc3ccncc3)CC[C@H]21. The molecule has 3 atom stereocenters. The second-order valence-corrected chi connectivity index (χ2v) is 6.44. The van der Waals surface area contributed by atoms with Crippen LogP contribution in [0.25, 0.3) is 0 Å². The Bertz CT molecular complexity index is 423. The van der Waals surface area contributed by atoms with Crippen molar-refractivity contribution >= 4 is 0 Å². The molecule has 0 aromatic carbocycles. The number of hydrogen-bond acceptors (Lipinski definition) is 4. The molecule has 2 saturated heterocycles. The molecule has 4 nitrogen and oxygen atoms in total. The Kier molecular flexibility index (Phi) is 4.34. The normalized spacial score (nSPS) is 30.6. The van der Waals surface area contributed by atoms with Gasteiger partial charge in [-0.1, -0.05) is 0 Å². The number of aromatic nitrogens is 1.